The van der Waals surface area contributed by atoms with Crippen LogP contribution in [0, 0.1) is 5.92 Å². The topological polar surface area (TPSA) is 67.9 Å². The zero-order valence-electron chi connectivity index (χ0n) is 12.0. The first kappa shape index (κ1) is 12.9. The maximum absolute atomic E-state index is 5.52. The monoisotopic (exact) mass is 285 g/mol. The van der Waals surface area contributed by atoms with Crippen LogP contribution in [0.4, 0.5) is 0 Å². The van der Waals surface area contributed by atoms with Crippen LogP contribution in [0.5, 0.6) is 0 Å². The molecule has 2 aromatic rings. The molecule has 110 valence electrons. The van der Waals surface area contributed by atoms with E-state index in [1.54, 1.807) is 18.6 Å². The van der Waals surface area contributed by atoms with Gasteiger partial charge in [-0.3, -0.25) is 9.88 Å². The van der Waals surface area contributed by atoms with Crippen LogP contribution in [0.3, 0.4) is 0 Å². The first-order chi connectivity index (χ1) is 10.4. The van der Waals surface area contributed by atoms with Crippen LogP contribution >= 0.6 is 0 Å². The second-order valence-electron chi connectivity index (χ2n) is 6.00. The van der Waals surface area contributed by atoms with E-state index in [0.717, 1.165) is 24.8 Å². The van der Waals surface area contributed by atoms with Gasteiger partial charge in [0.25, 0.3) is 0 Å². The Hall–Kier alpha value is -1.82. The molecule has 0 bridgehead atoms. The molecule has 0 N–H and O–H groups in total. The molecule has 1 aliphatic carbocycles. The molecule has 0 radical (unpaired) electrons. The number of hydrogen-bond donors (Lipinski definition) is 0. The van der Waals surface area contributed by atoms with Crippen LogP contribution in [0.25, 0.3) is 11.5 Å². The lowest BCUT2D eigenvalue weighted by Crippen LogP contribution is -2.35. The molecular formula is C15H19N5O. The van der Waals surface area contributed by atoms with Crippen LogP contribution in [-0.4, -0.2) is 38.1 Å². The molecule has 6 nitrogen and oxygen atoms in total. The molecule has 0 aromatic carbocycles. The van der Waals surface area contributed by atoms with Gasteiger partial charge in [-0.25, -0.2) is 4.98 Å². The number of piperidine rings is 1. The normalized spacial score (nSPS) is 23.3. The van der Waals surface area contributed by atoms with Crippen molar-refractivity contribution in [2.24, 2.45) is 5.92 Å². The first-order valence-electron chi connectivity index (χ1n) is 7.74. The maximum atomic E-state index is 5.52. The van der Waals surface area contributed by atoms with Crippen LogP contribution in [-0.2, 0) is 0 Å². The second-order valence-corrected chi connectivity index (χ2v) is 6.00. The number of hydrogen-bond acceptors (Lipinski definition) is 6. The Labute approximate surface area is 123 Å². The van der Waals surface area contributed by atoms with E-state index in [1.165, 1.54) is 32.2 Å². The molecule has 0 spiro atoms. The minimum Gasteiger partial charge on any atom is -0.337 e. The van der Waals surface area contributed by atoms with Gasteiger partial charge >= 0.3 is 0 Å². The van der Waals surface area contributed by atoms with Crippen molar-refractivity contribution in [3.63, 3.8) is 0 Å². The molecule has 1 saturated heterocycles. The fraction of sp³-hybridized carbons (Fsp3) is 0.600. The summed E-state index contributed by atoms with van der Waals surface area (Å²) in [5.41, 5.74) is 0.664. The molecule has 2 aromatic heterocycles. The molecule has 1 atom stereocenters. The molecule has 4 rings (SSSR count). The summed E-state index contributed by atoms with van der Waals surface area (Å²) in [7, 11) is 0. The van der Waals surface area contributed by atoms with Gasteiger partial charge in [0, 0.05) is 18.9 Å². The summed E-state index contributed by atoms with van der Waals surface area (Å²) in [5.74, 6) is 2.15. The van der Waals surface area contributed by atoms with Crippen molar-refractivity contribution in [1.82, 2.24) is 25.0 Å². The minimum absolute atomic E-state index is 0.275. The van der Waals surface area contributed by atoms with Crippen LogP contribution in [0.15, 0.2) is 23.1 Å². The van der Waals surface area contributed by atoms with Crippen LogP contribution in [0.1, 0.15) is 44.0 Å². The van der Waals surface area contributed by atoms with Crippen LogP contribution < -0.4 is 0 Å². The third-order valence-corrected chi connectivity index (χ3v) is 4.32. The van der Waals surface area contributed by atoms with E-state index in [0.29, 0.717) is 11.5 Å². The van der Waals surface area contributed by atoms with E-state index >= 15 is 0 Å². The number of likely N-dealkylation sites (tertiary alicyclic amines) is 1. The van der Waals surface area contributed by atoms with Crippen molar-refractivity contribution in [3.8, 4) is 11.5 Å². The van der Waals surface area contributed by atoms with Gasteiger partial charge in [-0.05, 0) is 38.1 Å². The minimum atomic E-state index is 0.275. The third kappa shape index (κ3) is 2.81. The van der Waals surface area contributed by atoms with Gasteiger partial charge in [0.15, 0.2) is 0 Å². The highest BCUT2D eigenvalue weighted by molar-refractivity contribution is 5.45. The maximum Gasteiger partial charge on any atom is 0.244 e. The van der Waals surface area contributed by atoms with Crippen molar-refractivity contribution >= 4 is 0 Å². The van der Waals surface area contributed by atoms with Gasteiger partial charge in [0.1, 0.15) is 5.69 Å². The summed E-state index contributed by atoms with van der Waals surface area (Å²) < 4.78 is 5.52. The average molecular weight is 285 g/mol. The van der Waals surface area contributed by atoms with Gasteiger partial charge in [0.2, 0.25) is 11.7 Å². The third-order valence-electron chi connectivity index (χ3n) is 4.32. The van der Waals surface area contributed by atoms with E-state index in [1.807, 2.05) is 0 Å². The molecule has 2 fully saturated rings. The Morgan fingerprint density at radius 3 is 2.95 bits per heavy atom. The lowest BCUT2D eigenvalue weighted by Gasteiger charge is -2.33. The molecular weight excluding hydrogens is 266 g/mol. The molecule has 1 saturated carbocycles. The fourth-order valence-corrected chi connectivity index (χ4v) is 3.01. The highest BCUT2D eigenvalue weighted by atomic mass is 16.5. The van der Waals surface area contributed by atoms with Crippen LogP contribution in [0.2, 0.25) is 0 Å². The predicted molar refractivity (Wildman–Crippen MR) is 76.2 cm³/mol. The summed E-state index contributed by atoms with van der Waals surface area (Å²) in [6.45, 7) is 2.32. The summed E-state index contributed by atoms with van der Waals surface area (Å²) in [6, 6.07) is 0.275. The summed E-state index contributed by atoms with van der Waals surface area (Å²) in [4.78, 5) is 15.4. The fourth-order valence-electron chi connectivity index (χ4n) is 3.01. The highest BCUT2D eigenvalue weighted by Gasteiger charge is 2.33. The lowest BCUT2D eigenvalue weighted by molar-refractivity contribution is 0.113. The lowest BCUT2D eigenvalue weighted by atomic mass is 10.0. The first-order valence-corrected chi connectivity index (χ1v) is 7.74. The van der Waals surface area contributed by atoms with Crippen molar-refractivity contribution < 1.29 is 4.52 Å². The standard InChI is InChI=1S/C15H19N5O/c1-2-8-20(10-11-4-5-11)13(3-1)15-18-14(19-21-15)12-9-16-6-7-17-12/h6-7,9,11,13H,1-5,8,10H2/t13-/m1/s1. The quantitative estimate of drug-likeness (QED) is 0.859. The molecule has 1 aliphatic heterocycles. The number of aromatic nitrogens is 4. The molecule has 0 unspecified atom stereocenters. The van der Waals surface area contributed by atoms with E-state index in [2.05, 4.69) is 25.0 Å². The van der Waals surface area contributed by atoms with Gasteiger partial charge in [-0.15, -0.1) is 0 Å². The smallest absolute Gasteiger partial charge is 0.244 e. The van der Waals surface area contributed by atoms with Crippen molar-refractivity contribution in [1.29, 1.82) is 0 Å². The van der Waals surface area contributed by atoms with E-state index in [-0.39, 0.29) is 6.04 Å². The van der Waals surface area contributed by atoms with Crippen molar-refractivity contribution in [3.05, 3.63) is 24.5 Å². The van der Waals surface area contributed by atoms with Crippen molar-refractivity contribution in [2.45, 2.75) is 38.1 Å². The van der Waals surface area contributed by atoms with E-state index < -0.39 is 0 Å². The Balaban J connectivity index is 1.55. The Kier molecular flexibility index (Phi) is 3.39. The van der Waals surface area contributed by atoms with Gasteiger partial charge in [-0.1, -0.05) is 11.6 Å². The summed E-state index contributed by atoms with van der Waals surface area (Å²) >= 11 is 0. The van der Waals surface area contributed by atoms with Gasteiger partial charge in [0.05, 0.1) is 12.2 Å². The van der Waals surface area contributed by atoms with Gasteiger partial charge < -0.3 is 4.52 Å². The Bertz CT molecular complexity index is 595. The average Bonchev–Trinajstić information content (AvgIpc) is 3.22. The van der Waals surface area contributed by atoms with E-state index in [4.69, 9.17) is 4.52 Å². The largest absolute Gasteiger partial charge is 0.337 e. The Morgan fingerprint density at radius 2 is 2.14 bits per heavy atom. The molecule has 2 aliphatic rings. The molecule has 6 heteroatoms. The zero-order chi connectivity index (χ0) is 14.1. The Morgan fingerprint density at radius 1 is 1.19 bits per heavy atom. The zero-order valence-corrected chi connectivity index (χ0v) is 12.0. The summed E-state index contributed by atoms with van der Waals surface area (Å²) in [5, 5.41) is 4.08. The van der Waals surface area contributed by atoms with Crippen molar-refractivity contribution in [2.75, 3.05) is 13.1 Å². The molecule has 0 amide bonds. The van der Waals surface area contributed by atoms with Gasteiger partial charge in [-0.2, -0.15) is 4.98 Å². The number of rotatable bonds is 4. The summed E-state index contributed by atoms with van der Waals surface area (Å²) in [6.07, 6.45) is 11.3. The van der Waals surface area contributed by atoms with E-state index in [9.17, 15) is 0 Å². The highest BCUT2D eigenvalue weighted by Crippen LogP contribution is 2.36. The predicted octanol–water partition coefficient (Wildman–Crippen LogP) is 2.46. The molecule has 21 heavy (non-hydrogen) atoms. The second kappa shape index (κ2) is 5.52. The molecule has 3 heterocycles. The number of nitrogens with zero attached hydrogens (tertiary/aromatic N) is 5. The SMILES string of the molecule is c1cnc(-c2noc([C@H]3CCCCN3CC3CC3)n2)cn1.